The number of nitrogens with zero attached hydrogens (tertiary/aromatic N) is 2. The first-order valence-corrected chi connectivity index (χ1v) is 12.8. The smallest absolute Gasteiger partial charge is 0.293 e. The van der Waals surface area contributed by atoms with Gasteiger partial charge in [-0.2, -0.15) is 0 Å². The van der Waals surface area contributed by atoms with Gasteiger partial charge in [-0.05, 0) is 57.9 Å². The minimum Gasteiger partial charge on any atom is -0.342 e. The number of hydrogen-bond acceptors (Lipinski definition) is 3. The first kappa shape index (κ1) is 22.7. The number of aromatic nitrogens is 1. The van der Waals surface area contributed by atoms with Gasteiger partial charge in [-0.25, -0.2) is 0 Å². The van der Waals surface area contributed by atoms with Crippen LogP contribution in [0.4, 0.5) is 4.79 Å². The van der Waals surface area contributed by atoms with Gasteiger partial charge in [0.25, 0.3) is 11.1 Å². The van der Waals surface area contributed by atoms with E-state index in [9.17, 15) is 9.59 Å². The monoisotopic (exact) mass is 508 g/mol. The van der Waals surface area contributed by atoms with Crippen LogP contribution in [0.25, 0.3) is 27.8 Å². The molecule has 6 rings (SSSR count). The van der Waals surface area contributed by atoms with Crippen molar-refractivity contribution in [2.24, 2.45) is 0 Å². The standard InChI is InChI=1S/C30H21ClN2O2S/c31-26-11-5-3-9-23(26)19-33-29(34)28(36-30(33)35)16-24-18-32(27-12-6-4-10-25(24)27)17-20-13-14-21-7-1-2-8-22(21)15-20/h1-16,18H,17,19H2/b28-16-. The Balaban J connectivity index is 1.32. The summed E-state index contributed by atoms with van der Waals surface area (Å²) in [6.07, 6.45) is 3.89. The lowest BCUT2D eigenvalue weighted by atomic mass is 10.1. The van der Waals surface area contributed by atoms with Crippen molar-refractivity contribution in [3.63, 3.8) is 0 Å². The number of carbonyl (C=O) groups is 2. The van der Waals surface area contributed by atoms with Gasteiger partial charge in [0.2, 0.25) is 0 Å². The van der Waals surface area contributed by atoms with Gasteiger partial charge in [-0.15, -0.1) is 0 Å². The molecule has 1 aliphatic rings. The molecule has 2 amide bonds. The molecule has 1 aromatic heterocycles. The Labute approximate surface area is 217 Å². The summed E-state index contributed by atoms with van der Waals surface area (Å²) >= 11 is 7.23. The first-order valence-electron chi connectivity index (χ1n) is 11.6. The maximum atomic E-state index is 13.2. The fourth-order valence-electron chi connectivity index (χ4n) is 4.63. The Morgan fingerprint density at radius 1 is 0.806 bits per heavy atom. The molecule has 2 heterocycles. The van der Waals surface area contributed by atoms with E-state index in [1.807, 2.05) is 54.6 Å². The lowest BCUT2D eigenvalue weighted by Crippen LogP contribution is -2.27. The molecule has 176 valence electrons. The summed E-state index contributed by atoms with van der Waals surface area (Å²) < 4.78 is 2.19. The van der Waals surface area contributed by atoms with Crippen LogP contribution >= 0.6 is 23.4 Å². The van der Waals surface area contributed by atoms with Crippen LogP contribution in [0.2, 0.25) is 5.02 Å². The fraction of sp³-hybridized carbons (Fsp3) is 0.0667. The zero-order chi connectivity index (χ0) is 24.6. The molecule has 0 unspecified atom stereocenters. The van der Waals surface area contributed by atoms with Crippen LogP contribution in [0.5, 0.6) is 0 Å². The van der Waals surface area contributed by atoms with Crippen molar-refractivity contribution in [3.05, 3.63) is 124 Å². The topological polar surface area (TPSA) is 42.3 Å². The van der Waals surface area contributed by atoms with Crippen molar-refractivity contribution >= 4 is 62.3 Å². The van der Waals surface area contributed by atoms with Gasteiger partial charge in [0.05, 0.1) is 11.4 Å². The molecule has 0 bridgehead atoms. The van der Waals surface area contributed by atoms with E-state index in [0.29, 0.717) is 16.5 Å². The molecule has 0 atom stereocenters. The van der Waals surface area contributed by atoms with E-state index in [-0.39, 0.29) is 17.7 Å². The van der Waals surface area contributed by atoms with E-state index < -0.39 is 0 Å². The van der Waals surface area contributed by atoms with Crippen molar-refractivity contribution in [2.75, 3.05) is 0 Å². The van der Waals surface area contributed by atoms with Gasteiger partial charge in [0.1, 0.15) is 0 Å². The van der Waals surface area contributed by atoms with Crippen LogP contribution < -0.4 is 0 Å². The second-order valence-corrected chi connectivity index (χ2v) is 10.2. The summed E-state index contributed by atoms with van der Waals surface area (Å²) in [6.45, 7) is 0.860. The second-order valence-electron chi connectivity index (χ2n) is 8.77. The van der Waals surface area contributed by atoms with Crippen molar-refractivity contribution < 1.29 is 9.59 Å². The maximum Gasteiger partial charge on any atom is 0.293 e. The predicted octanol–water partition coefficient (Wildman–Crippen LogP) is 7.73. The van der Waals surface area contributed by atoms with E-state index in [1.165, 1.54) is 21.2 Å². The van der Waals surface area contributed by atoms with Crippen molar-refractivity contribution in [2.45, 2.75) is 13.1 Å². The number of amides is 2. The number of thioether (sulfide) groups is 1. The molecule has 1 saturated heterocycles. The summed E-state index contributed by atoms with van der Waals surface area (Å²) in [4.78, 5) is 27.5. The van der Waals surface area contributed by atoms with Crippen LogP contribution in [0.15, 0.2) is 102 Å². The third kappa shape index (κ3) is 4.21. The number of fused-ring (bicyclic) bond motifs is 2. The minimum atomic E-state index is -0.295. The van der Waals surface area contributed by atoms with Crippen LogP contribution in [-0.4, -0.2) is 20.6 Å². The Morgan fingerprint density at radius 2 is 1.56 bits per heavy atom. The van der Waals surface area contributed by atoms with Gasteiger partial charge in [-0.3, -0.25) is 14.5 Å². The van der Waals surface area contributed by atoms with Crippen molar-refractivity contribution in [3.8, 4) is 0 Å². The highest BCUT2D eigenvalue weighted by Gasteiger charge is 2.35. The van der Waals surface area contributed by atoms with E-state index >= 15 is 0 Å². The lowest BCUT2D eigenvalue weighted by molar-refractivity contribution is -0.123. The summed E-state index contributed by atoms with van der Waals surface area (Å²) in [5.74, 6) is -0.295. The van der Waals surface area contributed by atoms with Gasteiger partial charge in [0.15, 0.2) is 0 Å². The molecule has 36 heavy (non-hydrogen) atoms. The Hall–Kier alpha value is -3.80. The van der Waals surface area contributed by atoms with E-state index in [0.717, 1.165) is 33.8 Å². The van der Waals surface area contributed by atoms with Gasteiger partial charge in [0, 0.05) is 34.2 Å². The van der Waals surface area contributed by atoms with Gasteiger partial charge in [-0.1, -0.05) is 84.4 Å². The van der Waals surface area contributed by atoms with Crippen molar-refractivity contribution in [1.29, 1.82) is 0 Å². The zero-order valence-corrected chi connectivity index (χ0v) is 20.8. The average molecular weight is 509 g/mol. The van der Waals surface area contributed by atoms with Crippen LogP contribution in [-0.2, 0) is 17.9 Å². The lowest BCUT2D eigenvalue weighted by Gasteiger charge is -2.13. The number of rotatable bonds is 5. The molecule has 0 N–H and O–H groups in total. The number of imide groups is 1. The summed E-state index contributed by atoms with van der Waals surface area (Å²) in [5, 5.41) is 3.71. The Bertz CT molecular complexity index is 1690. The fourth-order valence-corrected chi connectivity index (χ4v) is 5.65. The quantitative estimate of drug-likeness (QED) is 0.228. The van der Waals surface area contributed by atoms with Crippen LogP contribution in [0.1, 0.15) is 16.7 Å². The maximum absolute atomic E-state index is 13.2. The summed E-state index contributed by atoms with van der Waals surface area (Å²) in [5.41, 5.74) is 3.93. The van der Waals surface area contributed by atoms with Gasteiger partial charge < -0.3 is 4.57 Å². The molecule has 0 aliphatic carbocycles. The van der Waals surface area contributed by atoms with Crippen LogP contribution in [0.3, 0.4) is 0 Å². The molecular formula is C30H21ClN2O2S. The number of carbonyl (C=O) groups excluding carboxylic acids is 2. The molecule has 5 aromatic rings. The number of hydrogen-bond donors (Lipinski definition) is 0. The van der Waals surface area contributed by atoms with Crippen molar-refractivity contribution in [1.82, 2.24) is 9.47 Å². The molecule has 6 heteroatoms. The molecule has 0 radical (unpaired) electrons. The molecule has 0 saturated carbocycles. The largest absolute Gasteiger partial charge is 0.342 e. The van der Waals surface area contributed by atoms with Crippen LogP contribution in [0, 0.1) is 0 Å². The zero-order valence-electron chi connectivity index (χ0n) is 19.2. The third-order valence-corrected chi connectivity index (χ3v) is 7.71. The number of halogens is 1. The highest BCUT2D eigenvalue weighted by Crippen LogP contribution is 2.36. The molecule has 1 fully saturated rings. The molecule has 4 aromatic carbocycles. The van der Waals surface area contributed by atoms with Gasteiger partial charge >= 0.3 is 0 Å². The Morgan fingerprint density at radius 3 is 2.42 bits per heavy atom. The highest BCUT2D eigenvalue weighted by atomic mass is 35.5. The molecule has 1 aliphatic heterocycles. The summed E-state index contributed by atoms with van der Waals surface area (Å²) in [7, 11) is 0. The summed E-state index contributed by atoms with van der Waals surface area (Å²) in [6, 6.07) is 30.2. The number of para-hydroxylation sites is 1. The highest BCUT2D eigenvalue weighted by molar-refractivity contribution is 8.18. The average Bonchev–Trinajstić information content (AvgIpc) is 3.37. The van der Waals surface area contributed by atoms with E-state index in [2.05, 4.69) is 47.2 Å². The predicted molar refractivity (Wildman–Crippen MR) is 148 cm³/mol. The Kier molecular flexibility index (Phi) is 5.88. The normalized spacial score (nSPS) is 15.0. The molecule has 0 spiro atoms. The van der Waals surface area contributed by atoms with E-state index in [4.69, 9.17) is 11.6 Å². The number of benzene rings is 4. The van der Waals surface area contributed by atoms with E-state index in [1.54, 1.807) is 6.07 Å². The second kappa shape index (κ2) is 9.34. The minimum absolute atomic E-state index is 0.158. The first-order chi connectivity index (χ1) is 17.6. The molecule has 4 nitrogen and oxygen atoms in total. The SMILES string of the molecule is O=C1S/C(=C\c2cn(Cc3ccc4ccccc4c3)c3ccccc23)C(=O)N1Cc1ccccc1Cl. The third-order valence-electron chi connectivity index (χ3n) is 6.43. The molecular weight excluding hydrogens is 488 g/mol.